The standard InChI is InChI=1S/C26H41BN2O4/c1-7-12-16-22-24(31)28(6)17-18-29(22)23(30)20-14-13-15-21(19-20)27-32-25(8-2,9-3)26(10-4,11-5)33-27/h13-15,19,22H,7-12,16-18H2,1-6H3. The second kappa shape index (κ2) is 10.6. The Labute approximate surface area is 200 Å². The number of hydrogen-bond donors (Lipinski definition) is 0. The number of unbranched alkanes of at least 4 members (excludes halogenated alkanes) is 1. The first-order valence-electron chi connectivity index (χ1n) is 12.8. The number of hydrogen-bond acceptors (Lipinski definition) is 4. The lowest BCUT2D eigenvalue weighted by Gasteiger charge is -2.42. The van der Waals surface area contributed by atoms with Gasteiger partial charge in [-0.1, -0.05) is 59.6 Å². The fourth-order valence-corrected chi connectivity index (χ4v) is 5.72. The molecule has 0 bridgehead atoms. The molecule has 1 unspecified atom stereocenters. The van der Waals surface area contributed by atoms with E-state index in [2.05, 4.69) is 34.6 Å². The summed E-state index contributed by atoms with van der Waals surface area (Å²) in [6.07, 6.45) is 6.13. The Balaban J connectivity index is 1.87. The van der Waals surface area contributed by atoms with E-state index in [1.165, 1.54) is 0 Å². The third kappa shape index (κ3) is 4.59. The maximum absolute atomic E-state index is 13.5. The number of likely N-dealkylation sites (N-methyl/N-ethyl adjacent to an activating group) is 1. The molecule has 2 saturated heterocycles. The Morgan fingerprint density at radius 1 is 1.03 bits per heavy atom. The molecule has 2 heterocycles. The summed E-state index contributed by atoms with van der Waals surface area (Å²) in [7, 11) is 1.32. The summed E-state index contributed by atoms with van der Waals surface area (Å²) in [4.78, 5) is 29.9. The molecule has 1 aromatic rings. The van der Waals surface area contributed by atoms with Crippen LogP contribution in [0.4, 0.5) is 0 Å². The molecular formula is C26H41BN2O4. The largest absolute Gasteiger partial charge is 0.494 e. The summed E-state index contributed by atoms with van der Waals surface area (Å²) in [5.41, 5.74) is 0.774. The topological polar surface area (TPSA) is 59.1 Å². The molecule has 2 fully saturated rings. The van der Waals surface area contributed by atoms with Crippen LogP contribution in [0.2, 0.25) is 0 Å². The zero-order valence-corrected chi connectivity index (χ0v) is 21.4. The fourth-order valence-electron chi connectivity index (χ4n) is 5.72. The van der Waals surface area contributed by atoms with E-state index in [1.807, 2.05) is 31.3 Å². The van der Waals surface area contributed by atoms with Crippen LogP contribution in [-0.4, -0.2) is 66.1 Å². The predicted octanol–water partition coefficient (Wildman–Crippen LogP) is 4.02. The Kier molecular flexibility index (Phi) is 8.28. The summed E-state index contributed by atoms with van der Waals surface area (Å²) in [5, 5.41) is 0. The van der Waals surface area contributed by atoms with Crippen molar-refractivity contribution in [3.63, 3.8) is 0 Å². The minimum atomic E-state index is -0.498. The number of rotatable bonds is 9. The number of amides is 2. The molecular weight excluding hydrogens is 415 g/mol. The summed E-state index contributed by atoms with van der Waals surface area (Å²) >= 11 is 0. The van der Waals surface area contributed by atoms with Gasteiger partial charge in [-0.25, -0.2) is 0 Å². The SMILES string of the molecule is CCCCC1C(=O)N(C)CCN1C(=O)c1cccc(B2OC(CC)(CC)C(CC)(CC)O2)c1. The van der Waals surface area contributed by atoms with Gasteiger partial charge in [0.05, 0.1) is 11.2 Å². The molecule has 2 amide bonds. The summed E-state index contributed by atoms with van der Waals surface area (Å²) in [5.74, 6) is -0.0556. The van der Waals surface area contributed by atoms with Gasteiger partial charge in [0.15, 0.2) is 0 Å². The van der Waals surface area contributed by atoms with Crippen LogP contribution in [0, 0.1) is 0 Å². The molecule has 182 valence electrons. The average Bonchev–Trinajstić information content (AvgIpc) is 3.20. The van der Waals surface area contributed by atoms with Gasteiger partial charge in [0.1, 0.15) is 6.04 Å². The van der Waals surface area contributed by atoms with Crippen molar-refractivity contribution in [2.45, 2.75) is 96.8 Å². The van der Waals surface area contributed by atoms with Crippen LogP contribution in [0.3, 0.4) is 0 Å². The Morgan fingerprint density at radius 2 is 1.64 bits per heavy atom. The normalized spacial score (nSPS) is 22.2. The molecule has 3 rings (SSSR count). The molecule has 0 N–H and O–H groups in total. The minimum absolute atomic E-state index is 0.0352. The maximum atomic E-state index is 13.5. The average molecular weight is 456 g/mol. The van der Waals surface area contributed by atoms with Gasteiger partial charge in [-0.3, -0.25) is 9.59 Å². The highest BCUT2D eigenvalue weighted by Gasteiger charge is 2.58. The van der Waals surface area contributed by atoms with Gasteiger partial charge >= 0.3 is 7.12 Å². The van der Waals surface area contributed by atoms with Gasteiger partial charge in [0.2, 0.25) is 5.91 Å². The van der Waals surface area contributed by atoms with E-state index in [1.54, 1.807) is 9.80 Å². The Bertz CT molecular complexity index is 817. The van der Waals surface area contributed by atoms with Gasteiger partial charge in [-0.05, 0) is 49.7 Å². The molecule has 2 aliphatic rings. The van der Waals surface area contributed by atoms with Crippen molar-refractivity contribution in [2.75, 3.05) is 20.1 Å². The first-order valence-corrected chi connectivity index (χ1v) is 12.8. The third-order valence-corrected chi connectivity index (χ3v) is 7.99. The molecule has 0 aromatic heterocycles. The number of benzene rings is 1. The van der Waals surface area contributed by atoms with Crippen LogP contribution in [0.5, 0.6) is 0 Å². The van der Waals surface area contributed by atoms with E-state index in [0.29, 0.717) is 25.1 Å². The molecule has 0 saturated carbocycles. The van der Waals surface area contributed by atoms with Crippen LogP contribution >= 0.6 is 0 Å². The zero-order valence-electron chi connectivity index (χ0n) is 21.4. The molecule has 1 atom stereocenters. The van der Waals surface area contributed by atoms with E-state index >= 15 is 0 Å². The molecule has 33 heavy (non-hydrogen) atoms. The molecule has 1 aromatic carbocycles. The van der Waals surface area contributed by atoms with E-state index in [9.17, 15) is 9.59 Å². The van der Waals surface area contributed by atoms with Crippen molar-refractivity contribution >= 4 is 24.4 Å². The van der Waals surface area contributed by atoms with Gasteiger partial charge < -0.3 is 19.1 Å². The van der Waals surface area contributed by atoms with Crippen LogP contribution in [0.25, 0.3) is 0 Å². The van der Waals surface area contributed by atoms with Crippen LogP contribution in [-0.2, 0) is 14.1 Å². The fraction of sp³-hybridized carbons (Fsp3) is 0.692. The molecule has 0 aliphatic carbocycles. The number of nitrogens with zero attached hydrogens (tertiary/aromatic N) is 2. The van der Waals surface area contributed by atoms with Gasteiger partial charge in [0, 0.05) is 25.7 Å². The Hall–Kier alpha value is -1.86. The summed E-state index contributed by atoms with van der Waals surface area (Å²) in [6, 6.07) is 7.21. The molecule has 6 nitrogen and oxygen atoms in total. The van der Waals surface area contributed by atoms with Crippen molar-refractivity contribution in [2.24, 2.45) is 0 Å². The van der Waals surface area contributed by atoms with Crippen molar-refractivity contribution in [1.82, 2.24) is 9.80 Å². The van der Waals surface area contributed by atoms with Crippen molar-refractivity contribution in [1.29, 1.82) is 0 Å². The lowest BCUT2D eigenvalue weighted by atomic mass is 9.75. The van der Waals surface area contributed by atoms with E-state index < -0.39 is 7.12 Å². The van der Waals surface area contributed by atoms with Gasteiger partial charge in [-0.2, -0.15) is 0 Å². The zero-order chi connectivity index (χ0) is 24.2. The maximum Gasteiger partial charge on any atom is 0.494 e. The number of carbonyl (C=O) groups excluding carboxylic acids is 2. The lowest BCUT2D eigenvalue weighted by Crippen LogP contribution is -2.57. The van der Waals surface area contributed by atoms with Crippen molar-refractivity contribution in [3.8, 4) is 0 Å². The second-order valence-electron chi connectivity index (χ2n) is 9.51. The number of piperazine rings is 1. The molecule has 0 spiro atoms. The molecule has 7 heteroatoms. The summed E-state index contributed by atoms with van der Waals surface area (Å²) < 4.78 is 13.2. The quantitative estimate of drug-likeness (QED) is 0.527. The highest BCUT2D eigenvalue weighted by atomic mass is 16.7. The lowest BCUT2D eigenvalue weighted by molar-refractivity contribution is -0.138. The van der Waals surface area contributed by atoms with E-state index in [0.717, 1.165) is 44.0 Å². The second-order valence-corrected chi connectivity index (χ2v) is 9.51. The monoisotopic (exact) mass is 456 g/mol. The molecule has 2 aliphatic heterocycles. The number of carbonyl (C=O) groups is 2. The smallest absolute Gasteiger partial charge is 0.399 e. The van der Waals surface area contributed by atoms with Gasteiger partial charge in [-0.15, -0.1) is 0 Å². The van der Waals surface area contributed by atoms with Crippen LogP contribution in [0.15, 0.2) is 24.3 Å². The van der Waals surface area contributed by atoms with Crippen molar-refractivity contribution < 1.29 is 18.9 Å². The Morgan fingerprint density at radius 3 is 2.18 bits per heavy atom. The molecule has 0 radical (unpaired) electrons. The van der Waals surface area contributed by atoms with E-state index in [4.69, 9.17) is 9.31 Å². The minimum Gasteiger partial charge on any atom is -0.399 e. The van der Waals surface area contributed by atoms with E-state index in [-0.39, 0.29) is 29.1 Å². The first kappa shape index (κ1) is 25.8. The third-order valence-electron chi connectivity index (χ3n) is 7.99. The summed E-state index contributed by atoms with van der Waals surface area (Å²) in [6.45, 7) is 11.9. The van der Waals surface area contributed by atoms with Crippen molar-refractivity contribution in [3.05, 3.63) is 29.8 Å². The van der Waals surface area contributed by atoms with Crippen LogP contribution in [0.1, 0.15) is 89.9 Å². The highest BCUT2D eigenvalue weighted by Crippen LogP contribution is 2.46. The first-order chi connectivity index (χ1) is 15.8. The highest BCUT2D eigenvalue weighted by molar-refractivity contribution is 6.62. The van der Waals surface area contributed by atoms with Gasteiger partial charge in [0.25, 0.3) is 5.91 Å². The van der Waals surface area contributed by atoms with Crippen LogP contribution < -0.4 is 5.46 Å². The predicted molar refractivity (Wildman–Crippen MR) is 133 cm³/mol.